The molecule has 32 heavy (non-hydrogen) atoms. The lowest BCUT2D eigenvalue weighted by Gasteiger charge is -2.17. The molecule has 8 nitrogen and oxygen atoms in total. The summed E-state index contributed by atoms with van der Waals surface area (Å²) in [5.41, 5.74) is 2.00. The minimum Gasteiger partial charge on any atom is -0.485 e. The first kappa shape index (κ1) is 21.2. The molecule has 0 bridgehead atoms. The molecule has 1 atom stereocenters. The van der Waals surface area contributed by atoms with Gasteiger partial charge >= 0.3 is 0 Å². The molecule has 0 saturated carbocycles. The van der Waals surface area contributed by atoms with Crippen LogP contribution in [0, 0.1) is 13.8 Å². The van der Waals surface area contributed by atoms with Crippen molar-refractivity contribution in [1.29, 1.82) is 0 Å². The van der Waals surface area contributed by atoms with E-state index in [-0.39, 0.29) is 18.1 Å². The number of rotatable bonds is 7. The van der Waals surface area contributed by atoms with Crippen molar-refractivity contribution in [3.8, 4) is 11.5 Å². The van der Waals surface area contributed by atoms with Crippen LogP contribution in [-0.2, 0) is 11.4 Å². The Hall–Kier alpha value is -4.07. The standard InChI is InChI=1S/C24H23N3O5/c1-15-9-10-20(26-24(29)17(3)31-19-7-5-4-6-8-19)21(11-15)30-14-18-13-23(28)27-22(25-18)12-16(2)32-27/h4-13,17H,14H2,1-3H3,(H,26,29)/t17-/m0/s1. The number of fused-ring (bicyclic) bond motifs is 1. The molecular weight excluding hydrogens is 410 g/mol. The summed E-state index contributed by atoms with van der Waals surface area (Å²) in [7, 11) is 0. The molecule has 2 aromatic carbocycles. The molecule has 4 rings (SSSR count). The second-order valence-corrected chi connectivity index (χ2v) is 7.44. The number of aromatic nitrogens is 2. The van der Waals surface area contributed by atoms with Crippen molar-refractivity contribution in [2.24, 2.45) is 0 Å². The van der Waals surface area contributed by atoms with E-state index in [0.717, 1.165) is 10.1 Å². The van der Waals surface area contributed by atoms with Gasteiger partial charge in [0.1, 0.15) is 23.9 Å². The maximum Gasteiger partial charge on any atom is 0.287 e. The highest BCUT2D eigenvalue weighted by atomic mass is 16.5. The van der Waals surface area contributed by atoms with Crippen molar-refractivity contribution < 1.29 is 18.8 Å². The molecule has 8 heteroatoms. The van der Waals surface area contributed by atoms with Crippen LogP contribution in [0.5, 0.6) is 11.5 Å². The molecular formula is C24H23N3O5. The zero-order chi connectivity index (χ0) is 22.7. The van der Waals surface area contributed by atoms with Crippen LogP contribution in [0.2, 0.25) is 0 Å². The lowest BCUT2D eigenvalue weighted by molar-refractivity contribution is -0.122. The Labute approximate surface area is 184 Å². The van der Waals surface area contributed by atoms with Gasteiger partial charge in [0, 0.05) is 12.1 Å². The Kier molecular flexibility index (Phi) is 5.93. The monoisotopic (exact) mass is 433 g/mol. The molecule has 0 fully saturated rings. The van der Waals surface area contributed by atoms with E-state index in [0.29, 0.717) is 34.3 Å². The number of aryl methyl sites for hydroxylation is 2. The lowest BCUT2D eigenvalue weighted by Crippen LogP contribution is -2.30. The fraction of sp³-hybridized carbons (Fsp3) is 0.208. The number of nitrogens with one attached hydrogen (secondary N) is 1. The van der Waals surface area contributed by atoms with Gasteiger partial charge in [-0.1, -0.05) is 24.3 Å². The summed E-state index contributed by atoms with van der Waals surface area (Å²) in [5.74, 6) is 1.35. The summed E-state index contributed by atoms with van der Waals surface area (Å²) >= 11 is 0. The molecule has 0 spiro atoms. The van der Waals surface area contributed by atoms with E-state index in [4.69, 9.17) is 14.0 Å². The number of amides is 1. The SMILES string of the molecule is Cc1ccc(NC(=O)[C@H](C)Oc2ccccc2)c(OCc2cc(=O)n3oc(C)cc3n2)c1. The number of ether oxygens (including phenoxy) is 2. The summed E-state index contributed by atoms with van der Waals surface area (Å²) in [6.07, 6.45) is -0.708. The van der Waals surface area contributed by atoms with Crippen molar-refractivity contribution in [2.75, 3.05) is 5.32 Å². The average molecular weight is 433 g/mol. The van der Waals surface area contributed by atoms with Crippen LogP contribution in [0.15, 0.2) is 70.0 Å². The molecule has 1 N–H and O–H groups in total. The summed E-state index contributed by atoms with van der Waals surface area (Å²) in [6, 6.07) is 17.6. The zero-order valence-electron chi connectivity index (χ0n) is 18.0. The third-order valence-corrected chi connectivity index (χ3v) is 4.72. The largest absolute Gasteiger partial charge is 0.485 e. The van der Waals surface area contributed by atoms with Gasteiger partial charge in [-0.2, -0.15) is 0 Å². The first-order valence-corrected chi connectivity index (χ1v) is 10.1. The normalized spacial score (nSPS) is 11.8. The van der Waals surface area contributed by atoms with Crippen molar-refractivity contribution >= 4 is 17.2 Å². The molecule has 0 unspecified atom stereocenters. The van der Waals surface area contributed by atoms with Gasteiger partial charge in [0.05, 0.1) is 11.4 Å². The minimum absolute atomic E-state index is 0.0539. The number of nitrogens with zero attached hydrogens (tertiary/aromatic N) is 2. The lowest BCUT2D eigenvalue weighted by atomic mass is 10.2. The van der Waals surface area contributed by atoms with Gasteiger partial charge in [-0.05, 0) is 50.6 Å². The topological polar surface area (TPSA) is 95.1 Å². The van der Waals surface area contributed by atoms with Gasteiger partial charge < -0.3 is 19.3 Å². The number of hydrogen-bond donors (Lipinski definition) is 1. The average Bonchev–Trinajstić information content (AvgIpc) is 3.15. The third kappa shape index (κ3) is 4.80. The maximum atomic E-state index is 12.7. The fourth-order valence-electron chi connectivity index (χ4n) is 3.14. The van der Waals surface area contributed by atoms with E-state index in [1.165, 1.54) is 6.07 Å². The highest BCUT2D eigenvalue weighted by Crippen LogP contribution is 2.27. The molecule has 0 radical (unpaired) electrons. The van der Waals surface area contributed by atoms with Crippen LogP contribution < -0.4 is 20.3 Å². The molecule has 0 saturated heterocycles. The highest BCUT2D eigenvalue weighted by Gasteiger charge is 2.17. The van der Waals surface area contributed by atoms with Gasteiger partial charge in [0.25, 0.3) is 11.5 Å². The number of carbonyl (C=O) groups is 1. The predicted molar refractivity (Wildman–Crippen MR) is 119 cm³/mol. The second kappa shape index (κ2) is 8.97. The van der Waals surface area contributed by atoms with Crippen molar-refractivity contribution in [2.45, 2.75) is 33.5 Å². The molecule has 2 aromatic heterocycles. The van der Waals surface area contributed by atoms with Crippen LogP contribution >= 0.6 is 0 Å². The first-order valence-electron chi connectivity index (χ1n) is 10.1. The van der Waals surface area contributed by atoms with Crippen LogP contribution in [0.3, 0.4) is 0 Å². The molecule has 4 aromatic rings. The van der Waals surface area contributed by atoms with E-state index in [2.05, 4.69) is 10.3 Å². The summed E-state index contributed by atoms with van der Waals surface area (Å²) < 4.78 is 18.0. The van der Waals surface area contributed by atoms with Gasteiger partial charge in [-0.25, -0.2) is 4.98 Å². The van der Waals surface area contributed by atoms with Gasteiger partial charge in [-0.15, -0.1) is 4.57 Å². The third-order valence-electron chi connectivity index (χ3n) is 4.72. The maximum absolute atomic E-state index is 12.7. The minimum atomic E-state index is -0.708. The molecule has 1 amide bonds. The summed E-state index contributed by atoms with van der Waals surface area (Å²) in [6.45, 7) is 5.40. The number of benzene rings is 2. The Morgan fingerprint density at radius 3 is 2.69 bits per heavy atom. The van der Waals surface area contributed by atoms with E-state index >= 15 is 0 Å². The molecule has 0 aliphatic rings. The second-order valence-electron chi connectivity index (χ2n) is 7.44. The van der Waals surface area contributed by atoms with E-state index in [9.17, 15) is 9.59 Å². The Morgan fingerprint density at radius 2 is 1.91 bits per heavy atom. The van der Waals surface area contributed by atoms with Crippen molar-refractivity contribution in [1.82, 2.24) is 9.56 Å². The van der Waals surface area contributed by atoms with Crippen molar-refractivity contribution in [3.05, 3.63) is 88.0 Å². The zero-order valence-corrected chi connectivity index (χ0v) is 18.0. The van der Waals surface area contributed by atoms with Crippen LogP contribution in [-0.4, -0.2) is 21.6 Å². The quantitative estimate of drug-likeness (QED) is 0.475. The smallest absolute Gasteiger partial charge is 0.287 e. The van der Waals surface area contributed by atoms with E-state index in [1.807, 2.05) is 37.3 Å². The number of carbonyl (C=O) groups excluding carboxylic acids is 1. The number of para-hydroxylation sites is 1. The first-order chi connectivity index (χ1) is 15.4. The van der Waals surface area contributed by atoms with E-state index in [1.54, 1.807) is 38.1 Å². The van der Waals surface area contributed by atoms with Gasteiger partial charge in [0.2, 0.25) is 0 Å². The number of anilines is 1. The summed E-state index contributed by atoms with van der Waals surface area (Å²) in [4.78, 5) is 29.3. The highest BCUT2D eigenvalue weighted by molar-refractivity contribution is 5.95. The molecule has 2 heterocycles. The summed E-state index contributed by atoms with van der Waals surface area (Å²) in [5, 5.41) is 2.85. The Morgan fingerprint density at radius 1 is 1.12 bits per heavy atom. The van der Waals surface area contributed by atoms with Crippen molar-refractivity contribution in [3.63, 3.8) is 0 Å². The van der Waals surface area contributed by atoms with Crippen LogP contribution in [0.1, 0.15) is 23.9 Å². The van der Waals surface area contributed by atoms with Gasteiger partial charge in [-0.3, -0.25) is 9.59 Å². The molecule has 164 valence electrons. The van der Waals surface area contributed by atoms with Crippen LogP contribution in [0.25, 0.3) is 5.65 Å². The van der Waals surface area contributed by atoms with Gasteiger partial charge in [0.15, 0.2) is 11.8 Å². The Balaban J connectivity index is 1.48. The molecule has 0 aliphatic carbocycles. The predicted octanol–water partition coefficient (Wildman–Crippen LogP) is 3.89. The molecule has 0 aliphatic heterocycles. The fourth-order valence-corrected chi connectivity index (χ4v) is 3.14. The van der Waals surface area contributed by atoms with Crippen LogP contribution in [0.4, 0.5) is 5.69 Å². The Bertz CT molecular complexity index is 1310. The van der Waals surface area contributed by atoms with E-state index < -0.39 is 6.10 Å². The number of hydrogen-bond acceptors (Lipinski definition) is 6.